The molecule has 5 nitrogen and oxygen atoms in total. The van der Waals surface area contributed by atoms with Crippen molar-refractivity contribution in [1.29, 1.82) is 0 Å². The van der Waals surface area contributed by atoms with Gasteiger partial charge in [0.1, 0.15) is 23.4 Å². The van der Waals surface area contributed by atoms with Gasteiger partial charge in [-0.3, -0.25) is 4.79 Å². The molecule has 1 fully saturated rings. The molecule has 1 aromatic carbocycles. The summed E-state index contributed by atoms with van der Waals surface area (Å²) in [6.07, 6.45) is 1.94. The minimum Gasteiger partial charge on any atom is -0.368 e. The van der Waals surface area contributed by atoms with Gasteiger partial charge >= 0.3 is 0 Å². The van der Waals surface area contributed by atoms with Gasteiger partial charge < -0.3 is 14.2 Å². The SMILES string of the molecule is O=C([C@H]1CCCO1)N1CCc2onc(-c3ccccc3F)c2C1. The Balaban J connectivity index is 1.63. The fourth-order valence-electron chi connectivity index (χ4n) is 3.24. The maximum atomic E-state index is 14.0. The van der Waals surface area contributed by atoms with E-state index in [2.05, 4.69) is 5.16 Å². The summed E-state index contributed by atoms with van der Waals surface area (Å²) >= 11 is 0. The van der Waals surface area contributed by atoms with Gasteiger partial charge in [-0.1, -0.05) is 17.3 Å². The van der Waals surface area contributed by atoms with Gasteiger partial charge in [0.15, 0.2) is 0 Å². The highest BCUT2D eigenvalue weighted by molar-refractivity contribution is 5.81. The number of hydrogen-bond donors (Lipinski definition) is 0. The summed E-state index contributed by atoms with van der Waals surface area (Å²) in [5, 5.41) is 4.04. The molecule has 2 aliphatic heterocycles. The van der Waals surface area contributed by atoms with Gasteiger partial charge in [-0.15, -0.1) is 0 Å². The van der Waals surface area contributed by atoms with Crippen LogP contribution in [0.2, 0.25) is 0 Å². The van der Waals surface area contributed by atoms with Crippen LogP contribution in [0.3, 0.4) is 0 Å². The highest BCUT2D eigenvalue weighted by atomic mass is 19.1. The average Bonchev–Trinajstić information content (AvgIpc) is 3.24. The maximum absolute atomic E-state index is 14.0. The molecule has 2 aliphatic rings. The Hall–Kier alpha value is -2.21. The van der Waals surface area contributed by atoms with Gasteiger partial charge in [-0.2, -0.15) is 0 Å². The summed E-state index contributed by atoms with van der Waals surface area (Å²) in [5.74, 6) is 0.402. The molecule has 120 valence electrons. The van der Waals surface area contributed by atoms with Gasteiger partial charge in [-0.05, 0) is 25.0 Å². The van der Waals surface area contributed by atoms with Crippen molar-refractivity contribution >= 4 is 5.91 Å². The van der Waals surface area contributed by atoms with Crippen LogP contribution in [0.4, 0.5) is 4.39 Å². The first-order valence-corrected chi connectivity index (χ1v) is 7.87. The Labute approximate surface area is 133 Å². The standard InChI is InChI=1S/C17H17FN2O3/c18-13-5-2-1-4-11(13)16-12-10-20(8-7-14(12)23-19-16)17(21)15-6-3-9-22-15/h1-2,4-5,15H,3,6-10H2/t15-/m1/s1. The molecule has 1 amide bonds. The predicted octanol–water partition coefficient (Wildman–Crippen LogP) is 2.54. The minimum absolute atomic E-state index is 0.00818. The molecule has 0 bridgehead atoms. The number of rotatable bonds is 2. The van der Waals surface area contributed by atoms with Crippen LogP contribution in [0.15, 0.2) is 28.8 Å². The number of halogens is 1. The van der Waals surface area contributed by atoms with Crippen molar-refractivity contribution in [2.75, 3.05) is 13.2 Å². The first-order chi connectivity index (χ1) is 11.2. The van der Waals surface area contributed by atoms with Crippen LogP contribution in [-0.2, 0) is 22.5 Å². The van der Waals surface area contributed by atoms with Crippen LogP contribution in [0.5, 0.6) is 0 Å². The molecule has 0 N–H and O–H groups in total. The molecule has 1 atom stereocenters. The minimum atomic E-state index is -0.342. The lowest BCUT2D eigenvalue weighted by Gasteiger charge is -2.28. The number of hydrogen-bond acceptors (Lipinski definition) is 4. The van der Waals surface area contributed by atoms with Crippen molar-refractivity contribution in [3.63, 3.8) is 0 Å². The summed E-state index contributed by atoms with van der Waals surface area (Å²) in [6.45, 7) is 1.61. The lowest BCUT2D eigenvalue weighted by molar-refractivity contribution is -0.141. The molecule has 1 aromatic heterocycles. The van der Waals surface area contributed by atoms with Crippen molar-refractivity contribution in [1.82, 2.24) is 10.1 Å². The number of nitrogens with zero attached hydrogens (tertiary/aromatic N) is 2. The number of amides is 1. The van der Waals surface area contributed by atoms with E-state index in [-0.39, 0.29) is 17.8 Å². The third-order valence-corrected chi connectivity index (χ3v) is 4.47. The summed E-state index contributed by atoms with van der Waals surface area (Å²) in [6, 6.07) is 6.47. The monoisotopic (exact) mass is 316 g/mol. The topological polar surface area (TPSA) is 55.6 Å². The fraction of sp³-hybridized carbons (Fsp3) is 0.412. The predicted molar refractivity (Wildman–Crippen MR) is 80.0 cm³/mol. The molecule has 0 unspecified atom stereocenters. The van der Waals surface area contributed by atoms with E-state index < -0.39 is 0 Å². The second-order valence-corrected chi connectivity index (χ2v) is 5.92. The van der Waals surface area contributed by atoms with Crippen LogP contribution in [0.1, 0.15) is 24.2 Å². The van der Waals surface area contributed by atoms with Crippen LogP contribution < -0.4 is 0 Å². The van der Waals surface area contributed by atoms with Crippen LogP contribution in [-0.4, -0.2) is 35.2 Å². The maximum Gasteiger partial charge on any atom is 0.252 e. The Kier molecular flexibility index (Phi) is 3.61. The van der Waals surface area contributed by atoms with E-state index in [0.29, 0.717) is 37.4 Å². The van der Waals surface area contributed by atoms with Gasteiger partial charge in [0.25, 0.3) is 5.91 Å². The smallest absolute Gasteiger partial charge is 0.252 e. The summed E-state index contributed by atoms with van der Waals surface area (Å²) in [5.41, 5.74) is 1.69. The van der Waals surface area contributed by atoms with E-state index in [9.17, 15) is 9.18 Å². The van der Waals surface area contributed by atoms with E-state index in [4.69, 9.17) is 9.26 Å². The molecular formula is C17H17FN2O3. The molecule has 4 rings (SSSR count). The number of ether oxygens (including phenoxy) is 1. The second-order valence-electron chi connectivity index (χ2n) is 5.92. The van der Waals surface area contributed by atoms with Crippen LogP contribution >= 0.6 is 0 Å². The zero-order valence-corrected chi connectivity index (χ0v) is 12.6. The largest absolute Gasteiger partial charge is 0.368 e. The molecule has 6 heteroatoms. The zero-order chi connectivity index (χ0) is 15.8. The highest BCUT2D eigenvalue weighted by Crippen LogP contribution is 2.32. The molecule has 23 heavy (non-hydrogen) atoms. The Bertz CT molecular complexity index is 737. The van der Waals surface area contributed by atoms with Crippen molar-refractivity contribution in [3.05, 3.63) is 41.4 Å². The lowest BCUT2D eigenvalue weighted by atomic mass is 10.0. The molecule has 2 aromatic rings. The zero-order valence-electron chi connectivity index (χ0n) is 12.6. The first-order valence-electron chi connectivity index (χ1n) is 7.87. The van der Waals surface area contributed by atoms with E-state index in [1.165, 1.54) is 6.07 Å². The van der Waals surface area contributed by atoms with Gasteiger partial charge in [0.05, 0.1) is 6.54 Å². The average molecular weight is 316 g/mol. The molecule has 0 spiro atoms. The van der Waals surface area contributed by atoms with Gasteiger partial charge in [-0.25, -0.2) is 4.39 Å². The normalized spacial score (nSPS) is 20.6. The lowest BCUT2D eigenvalue weighted by Crippen LogP contribution is -2.41. The third kappa shape index (κ3) is 2.53. The third-order valence-electron chi connectivity index (χ3n) is 4.47. The van der Waals surface area contributed by atoms with Crippen molar-refractivity contribution in [2.45, 2.75) is 31.9 Å². The van der Waals surface area contributed by atoms with Crippen LogP contribution in [0.25, 0.3) is 11.3 Å². The van der Waals surface area contributed by atoms with E-state index >= 15 is 0 Å². The quantitative estimate of drug-likeness (QED) is 0.854. The van der Waals surface area contributed by atoms with Crippen molar-refractivity contribution in [2.24, 2.45) is 0 Å². The molecule has 0 radical (unpaired) electrons. The molecular weight excluding hydrogens is 299 g/mol. The Morgan fingerprint density at radius 2 is 2.22 bits per heavy atom. The number of benzene rings is 1. The number of fused-ring (bicyclic) bond motifs is 1. The van der Waals surface area contributed by atoms with E-state index in [0.717, 1.165) is 24.2 Å². The number of carbonyl (C=O) groups is 1. The van der Waals surface area contributed by atoms with Gasteiger partial charge in [0.2, 0.25) is 0 Å². The summed E-state index contributed by atoms with van der Waals surface area (Å²) < 4.78 is 24.9. The summed E-state index contributed by atoms with van der Waals surface area (Å²) in [4.78, 5) is 14.3. The fourth-order valence-corrected chi connectivity index (χ4v) is 3.24. The Morgan fingerprint density at radius 1 is 1.35 bits per heavy atom. The second kappa shape index (κ2) is 5.77. The van der Waals surface area contributed by atoms with E-state index in [1.807, 2.05) is 0 Å². The van der Waals surface area contributed by atoms with Crippen molar-refractivity contribution in [3.8, 4) is 11.3 Å². The highest BCUT2D eigenvalue weighted by Gasteiger charge is 2.33. The molecule has 0 saturated carbocycles. The number of aromatic nitrogens is 1. The Morgan fingerprint density at radius 3 is 3.00 bits per heavy atom. The summed E-state index contributed by atoms with van der Waals surface area (Å²) in [7, 11) is 0. The van der Waals surface area contributed by atoms with E-state index in [1.54, 1.807) is 23.1 Å². The molecule has 3 heterocycles. The molecule has 1 saturated heterocycles. The first kappa shape index (κ1) is 14.4. The van der Waals surface area contributed by atoms with Gasteiger partial charge in [0, 0.05) is 30.7 Å². The molecule has 0 aliphatic carbocycles. The van der Waals surface area contributed by atoms with Crippen LogP contribution in [0, 0.1) is 5.82 Å². The van der Waals surface area contributed by atoms with Crippen molar-refractivity contribution < 1.29 is 18.4 Å². The number of carbonyl (C=O) groups excluding carboxylic acids is 1.